The third-order valence-electron chi connectivity index (χ3n) is 2.49. The monoisotopic (exact) mass is 267 g/mol. The van der Waals surface area contributed by atoms with Gasteiger partial charge in [-0.2, -0.15) is 0 Å². The summed E-state index contributed by atoms with van der Waals surface area (Å²) < 4.78 is 2.04. The van der Waals surface area contributed by atoms with E-state index in [0.717, 1.165) is 22.9 Å². The lowest BCUT2D eigenvalue weighted by atomic mass is 10.3. The molecule has 0 bridgehead atoms. The number of hydrogen-bond donors (Lipinski definition) is 1. The zero-order valence-electron chi connectivity index (χ0n) is 9.56. The smallest absolute Gasteiger partial charge is 0.109 e. The highest BCUT2D eigenvalue weighted by Gasteiger charge is 2.02. The second kappa shape index (κ2) is 5.47. The van der Waals surface area contributed by atoms with Gasteiger partial charge in [0.05, 0.1) is 10.7 Å². The van der Waals surface area contributed by atoms with Gasteiger partial charge in [0.15, 0.2) is 0 Å². The van der Waals surface area contributed by atoms with Crippen molar-refractivity contribution in [2.75, 3.05) is 11.5 Å². The molecule has 0 unspecified atom stereocenters. The molecule has 0 atom stereocenters. The number of imidazole rings is 1. The van der Waals surface area contributed by atoms with Crippen molar-refractivity contribution in [1.82, 2.24) is 9.55 Å². The van der Waals surface area contributed by atoms with E-state index in [4.69, 9.17) is 17.3 Å². The third-order valence-corrected chi connectivity index (χ3v) is 3.81. The van der Waals surface area contributed by atoms with E-state index >= 15 is 0 Å². The number of thioether (sulfide) groups is 1. The molecule has 90 valence electrons. The van der Waals surface area contributed by atoms with Gasteiger partial charge in [-0.15, -0.1) is 11.8 Å². The van der Waals surface area contributed by atoms with Gasteiger partial charge in [0.1, 0.15) is 5.82 Å². The molecule has 2 aromatic rings. The summed E-state index contributed by atoms with van der Waals surface area (Å²) in [6.07, 6.45) is 4.72. The number of rotatable bonds is 4. The van der Waals surface area contributed by atoms with Crippen molar-refractivity contribution in [2.45, 2.75) is 11.3 Å². The topological polar surface area (TPSA) is 43.8 Å². The Morgan fingerprint density at radius 3 is 2.94 bits per heavy atom. The van der Waals surface area contributed by atoms with E-state index in [1.165, 1.54) is 0 Å². The maximum absolute atomic E-state index is 5.96. The third kappa shape index (κ3) is 3.17. The molecule has 0 aliphatic heterocycles. The summed E-state index contributed by atoms with van der Waals surface area (Å²) in [5, 5.41) is 0.618. The molecular weight excluding hydrogens is 254 g/mol. The number of anilines is 1. The van der Waals surface area contributed by atoms with Crippen LogP contribution in [-0.4, -0.2) is 15.3 Å². The minimum Gasteiger partial charge on any atom is -0.398 e. The number of nitrogens with zero attached hydrogens (tertiary/aromatic N) is 2. The molecule has 0 radical (unpaired) electrons. The molecule has 1 aromatic carbocycles. The van der Waals surface area contributed by atoms with Gasteiger partial charge in [-0.25, -0.2) is 4.98 Å². The van der Waals surface area contributed by atoms with E-state index in [1.54, 1.807) is 11.8 Å². The quantitative estimate of drug-likeness (QED) is 0.684. The van der Waals surface area contributed by atoms with Crippen molar-refractivity contribution < 1.29 is 0 Å². The van der Waals surface area contributed by atoms with Gasteiger partial charge in [-0.05, 0) is 18.2 Å². The van der Waals surface area contributed by atoms with Crippen LogP contribution < -0.4 is 5.73 Å². The number of nitrogen functional groups attached to an aromatic ring is 1. The molecule has 5 heteroatoms. The second-order valence-corrected chi connectivity index (χ2v) is 5.31. The van der Waals surface area contributed by atoms with Gasteiger partial charge in [-0.1, -0.05) is 11.6 Å². The van der Waals surface area contributed by atoms with Crippen molar-refractivity contribution in [3.8, 4) is 0 Å². The molecule has 2 rings (SSSR count). The molecule has 0 saturated carbocycles. The van der Waals surface area contributed by atoms with Gasteiger partial charge >= 0.3 is 0 Å². The Labute approximate surface area is 110 Å². The largest absolute Gasteiger partial charge is 0.398 e. The van der Waals surface area contributed by atoms with E-state index in [1.807, 2.05) is 42.2 Å². The van der Waals surface area contributed by atoms with E-state index in [9.17, 15) is 0 Å². The van der Waals surface area contributed by atoms with Crippen LogP contribution in [-0.2, 0) is 13.5 Å². The molecule has 2 N–H and O–H groups in total. The highest BCUT2D eigenvalue weighted by atomic mass is 35.5. The highest BCUT2D eigenvalue weighted by molar-refractivity contribution is 7.99. The predicted molar refractivity (Wildman–Crippen MR) is 73.5 cm³/mol. The molecule has 0 saturated heterocycles. The van der Waals surface area contributed by atoms with Crippen molar-refractivity contribution in [3.63, 3.8) is 0 Å². The van der Waals surface area contributed by atoms with Crippen LogP contribution in [0, 0.1) is 0 Å². The average molecular weight is 268 g/mol. The molecule has 0 aliphatic rings. The van der Waals surface area contributed by atoms with E-state index in [2.05, 4.69) is 4.98 Å². The first-order valence-electron chi connectivity index (χ1n) is 5.31. The van der Waals surface area contributed by atoms with Gasteiger partial charge in [0.2, 0.25) is 0 Å². The highest BCUT2D eigenvalue weighted by Crippen LogP contribution is 2.26. The van der Waals surface area contributed by atoms with Crippen LogP contribution in [0.1, 0.15) is 5.82 Å². The zero-order valence-corrected chi connectivity index (χ0v) is 11.1. The fraction of sp³-hybridized carbons (Fsp3) is 0.250. The SMILES string of the molecule is Cn1ccnc1CCSc1ccc(N)c(Cl)c1. The Morgan fingerprint density at radius 1 is 1.47 bits per heavy atom. The number of nitrogens with two attached hydrogens (primary N) is 1. The fourth-order valence-corrected chi connectivity index (χ4v) is 2.63. The minimum atomic E-state index is 0.618. The summed E-state index contributed by atoms with van der Waals surface area (Å²) >= 11 is 7.72. The summed E-state index contributed by atoms with van der Waals surface area (Å²) in [6, 6.07) is 5.73. The molecule has 17 heavy (non-hydrogen) atoms. The number of aromatic nitrogens is 2. The average Bonchev–Trinajstić information content (AvgIpc) is 2.70. The molecule has 0 fully saturated rings. The minimum absolute atomic E-state index is 0.618. The van der Waals surface area contributed by atoms with E-state index < -0.39 is 0 Å². The molecule has 0 amide bonds. The number of benzene rings is 1. The Hall–Kier alpha value is -1.13. The van der Waals surface area contributed by atoms with Crippen molar-refractivity contribution >= 4 is 29.1 Å². The molecule has 1 aromatic heterocycles. The van der Waals surface area contributed by atoms with Crippen molar-refractivity contribution in [1.29, 1.82) is 0 Å². The fourth-order valence-electron chi connectivity index (χ4n) is 1.50. The lowest BCUT2D eigenvalue weighted by Crippen LogP contribution is -1.98. The van der Waals surface area contributed by atoms with Crippen molar-refractivity contribution in [2.24, 2.45) is 7.05 Å². The van der Waals surface area contributed by atoms with Gasteiger partial charge in [-0.3, -0.25) is 0 Å². The normalized spacial score (nSPS) is 10.7. The molecule has 0 aliphatic carbocycles. The first-order chi connectivity index (χ1) is 8.16. The van der Waals surface area contributed by atoms with Crippen LogP contribution in [0.4, 0.5) is 5.69 Å². The van der Waals surface area contributed by atoms with Gasteiger partial charge in [0.25, 0.3) is 0 Å². The van der Waals surface area contributed by atoms with Gasteiger partial charge in [0, 0.05) is 36.5 Å². The Morgan fingerprint density at radius 2 is 2.29 bits per heavy atom. The predicted octanol–water partition coefficient (Wildman–Crippen LogP) is 2.99. The molecule has 1 heterocycles. The summed E-state index contributed by atoms with van der Waals surface area (Å²) in [5.41, 5.74) is 6.28. The maximum atomic E-state index is 5.96. The number of halogens is 1. The van der Waals surface area contributed by atoms with Crippen LogP contribution in [0.15, 0.2) is 35.5 Å². The molecular formula is C12H14ClN3S. The summed E-state index contributed by atoms with van der Waals surface area (Å²) in [7, 11) is 2.01. The maximum Gasteiger partial charge on any atom is 0.109 e. The van der Waals surface area contributed by atoms with Crippen LogP contribution in [0.25, 0.3) is 0 Å². The standard InChI is InChI=1S/C12H14ClN3S/c1-16-6-5-15-12(16)4-7-17-9-2-3-11(14)10(13)8-9/h2-3,5-6,8H,4,7,14H2,1H3. The zero-order chi connectivity index (χ0) is 12.3. The molecule has 0 spiro atoms. The second-order valence-electron chi connectivity index (χ2n) is 3.74. The van der Waals surface area contributed by atoms with Gasteiger partial charge < -0.3 is 10.3 Å². The number of aryl methyl sites for hydroxylation is 2. The molecule has 3 nitrogen and oxygen atoms in total. The first kappa shape index (κ1) is 12.3. The van der Waals surface area contributed by atoms with Crippen LogP contribution in [0.5, 0.6) is 0 Å². The summed E-state index contributed by atoms with van der Waals surface area (Å²) in [6.45, 7) is 0. The van der Waals surface area contributed by atoms with E-state index in [-0.39, 0.29) is 0 Å². The van der Waals surface area contributed by atoms with Crippen LogP contribution >= 0.6 is 23.4 Å². The van der Waals surface area contributed by atoms with Crippen molar-refractivity contribution in [3.05, 3.63) is 41.4 Å². The Balaban J connectivity index is 1.90. The summed E-state index contributed by atoms with van der Waals surface area (Å²) in [4.78, 5) is 5.42. The Kier molecular flexibility index (Phi) is 3.97. The lowest BCUT2D eigenvalue weighted by molar-refractivity contribution is 0.811. The summed E-state index contributed by atoms with van der Waals surface area (Å²) in [5.74, 6) is 2.07. The lowest BCUT2D eigenvalue weighted by Gasteiger charge is -2.04. The van der Waals surface area contributed by atoms with Crippen LogP contribution in [0.3, 0.4) is 0 Å². The van der Waals surface area contributed by atoms with Crippen LogP contribution in [0.2, 0.25) is 5.02 Å². The first-order valence-corrected chi connectivity index (χ1v) is 6.67. The Bertz CT molecular complexity index is 510. The van der Waals surface area contributed by atoms with E-state index in [0.29, 0.717) is 10.7 Å². The number of hydrogen-bond acceptors (Lipinski definition) is 3.